The zero-order chi connectivity index (χ0) is 24.8. The van der Waals surface area contributed by atoms with Crippen LogP contribution in [-0.4, -0.2) is 54.8 Å². The maximum atomic E-state index is 12.9. The maximum absolute atomic E-state index is 12.9. The Morgan fingerprint density at radius 1 is 1.11 bits per heavy atom. The highest BCUT2D eigenvalue weighted by Crippen LogP contribution is 2.32. The smallest absolute Gasteiger partial charge is 0.222 e. The number of halogens is 3. The van der Waals surface area contributed by atoms with Gasteiger partial charge in [-0.2, -0.15) is 0 Å². The fourth-order valence-electron chi connectivity index (χ4n) is 5.06. The summed E-state index contributed by atoms with van der Waals surface area (Å²) in [4.78, 5) is 27.6. The fourth-order valence-corrected chi connectivity index (χ4v) is 6.53. The number of likely N-dealkylation sites (tertiary alicyclic amines) is 2. The van der Waals surface area contributed by atoms with E-state index in [0.29, 0.717) is 12.3 Å². The van der Waals surface area contributed by atoms with E-state index in [1.165, 1.54) is 22.3 Å². The first-order chi connectivity index (χ1) is 16.9. The van der Waals surface area contributed by atoms with Gasteiger partial charge < -0.3 is 15.1 Å². The number of aryl methyl sites for hydroxylation is 1. The number of amides is 2. The molecule has 1 aromatic rings. The number of dihydropyridines is 1. The van der Waals surface area contributed by atoms with Crippen molar-refractivity contribution in [3.63, 3.8) is 0 Å². The quantitative estimate of drug-likeness (QED) is 0.375. The highest BCUT2D eigenvalue weighted by atomic mass is 79.9. The lowest BCUT2D eigenvalue weighted by Crippen LogP contribution is -2.39. The van der Waals surface area contributed by atoms with E-state index in [0.717, 1.165) is 91.6 Å². The molecule has 0 saturated carbocycles. The minimum atomic E-state index is 0.261. The molecule has 3 aliphatic rings. The molecule has 4 rings (SSSR count). The van der Waals surface area contributed by atoms with Gasteiger partial charge in [0, 0.05) is 59.3 Å². The molecule has 8 heteroatoms. The summed E-state index contributed by atoms with van der Waals surface area (Å²) in [5.74, 6) is 0.658. The average molecular weight is 626 g/mol. The van der Waals surface area contributed by atoms with Gasteiger partial charge in [-0.05, 0) is 95.3 Å². The van der Waals surface area contributed by atoms with Crippen molar-refractivity contribution in [1.29, 1.82) is 0 Å². The standard InChI is InChI=1S/C27H32Br2ClN3O2/c28-23-11-21(16-31-17-23)1-2-22-14-24(30)15-26(29)25(22)12-19-5-9-33(10-6-19)27(35)13-20-3-7-32(18-34)8-4-20/h11-12,14-15,17-18,20,31H,1-10,13,16H2. The van der Waals surface area contributed by atoms with Crippen LogP contribution in [0.5, 0.6) is 0 Å². The molecule has 0 atom stereocenters. The lowest BCUT2D eigenvalue weighted by molar-refractivity contribution is -0.133. The first-order valence-corrected chi connectivity index (χ1v) is 14.3. The molecular formula is C27H32Br2ClN3O2. The molecule has 0 radical (unpaired) electrons. The number of benzene rings is 1. The molecule has 1 aromatic carbocycles. The monoisotopic (exact) mass is 623 g/mol. The third-order valence-corrected chi connectivity index (χ3v) is 8.51. The van der Waals surface area contributed by atoms with Crippen LogP contribution < -0.4 is 5.32 Å². The second-order valence-corrected chi connectivity index (χ2v) is 11.9. The number of hydrogen-bond donors (Lipinski definition) is 1. The zero-order valence-corrected chi connectivity index (χ0v) is 23.8. The zero-order valence-electron chi connectivity index (χ0n) is 19.9. The van der Waals surface area contributed by atoms with Crippen LogP contribution in [0, 0.1) is 5.92 Å². The van der Waals surface area contributed by atoms with Gasteiger partial charge in [-0.15, -0.1) is 0 Å². The van der Waals surface area contributed by atoms with E-state index in [2.05, 4.69) is 55.4 Å². The number of nitrogens with zero attached hydrogens (tertiary/aromatic N) is 2. The van der Waals surface area contributed by atoms with Crippen LogP contribution in [0.2, 0.25) is 5.02 Å². The Hall–Kier alpha value is -1.57. The van der Waals surface area contributed by atoms with Crippen molar-refractivity contribution in [2.75, 3.05) is 32.7 Å². The van der Waals surface area contributed by atoms with Crippen LogP contribution in [0.4, 0.5) is 0 Å². The van der Waals surface area contributed by atoms with Crippen LogP contribution in [0.1, 0.15) is 49.7 Å². The predicted octanol–water partition coefficient (Wildman–Crippen LogP) is 6.07. The molecule has 2 fully saturated rings. The van der Waals surface area contributed by atoms with E-state index < -0.39 is 0 Å². The average Bonchev–Trinajstić information content (AvgIpc) is 2.85. The summed E-state index contributed by atoms with van der Waals surface area (Å²) in [6.45, 7) is 3.96. The Kier molecular flexibility index (Phi) is 9.53. The molecule has 188 valence electrons. The SMILES string of the molecule is O=CN1CCC(CC(=O)N2CCC(=Cc3c(Br)cc(Cl)cc3CCC3=CC(Br)=CNC3)CC2)CC1. The van der Waals surface area contributed by atoms with Crippen molar-refractivity contribution < 1.29 is 9.59 Å². The molecule has 2 saturated heterocycles. The molecule has 0 aliphatic carbocycles. The Balaban J connectivity index is 1.36. The molecule has 2 amide bonds. The number of hydrogen-bond acceptors (Lipinski definition) is 3. The molecule has 3 aliphatic heterocycles. The molecule has 1 N–H and O–H groups in total. The molecule has 3 heterocycles. The predicted molar refractivity (Wildman–Crippen MR) is 149 cm³/mol. The topological polar surface area (TPSA) is 52.7 Å². The summed E-state index contributed by atoms with van der Waals surface area (Å²) >= 11 is 13.7. The summed E-state index contributed by atoms with van der Waals surface area (Å²) in [5, 5.41) is 4.04. The van der Waals surface area contributed by atoms with Crippen molar-refractivity contribution in [1.82, 2.24) is 15.1 Å². The second kappa shape index (κ2) is 12.6. The van der Waals surface area contributed by atoms with Gasteiger partial charge in [0.05, 0.1) is 0 Å². The van der Waals surface area contributed by atoms with Gasteiger partial charge in [0.1, 0.15) is 0 Å². The first kappa shape index (κ1) is 26.5. The number of carbonyl (C=O) groups is 2. The highest BCUT2D eigenvalue weighted by Gasteiger charge is 2.25. The second-order valence-electron chi connectivity index (χ2n) is 9.65. The summed E-state index contributed by atoms with van der Waals surface area (Å²) in [5.41, 5.74) is 5.17. The minimum absolute atomic E-state index is 0.261. The van der Waals surface area contributed by atoms with Crippen LogP contribution in [-0.2, 0) is 16.0 Å². The summed E-state index contributed by atoms with van der Waals surface area (Å²) < 4.78 is 2.09. The molecule has 0 unspecified atom stereocenters. The van der Waals surface area contributed by atoms with Crippen molar-refractivity contribution in [3.8, 4) is 0 Å². The molecule has 5 nitrogen and oxygen atoms in total. The van der Waals surface area contributed by atoms with Gasteiger partial charge in [0.15, 0.2) is 0 Å². The lowest BCUT2D eigenvalue weighted by Gasteiger charge is -2.32. The van der Waals surface area contributed by atoms with E-state index in [1.807, 2.05) is 17.2 Å². The first-order valence-electron chi connectivity index (χ1n) is 12.3. The van der Waals surface area contributed by atoms with Gasteiger partial charge in [-0.3, -0.25) is 9.59 Å². The third kappa shape index (κ3) is 7.46. The molecule has 35 heavy (non-hydrogen) atoms. The summed E-state index contributed by atoms with van der Waals surface area (Å²) in [6, 6.07) is 4.04. The van der Waals surface area contributed by atoms with Gasteiger partial charge in [0.25, 0.3) is 0 Å². The van der Waals surface area contributed by atoms with E-state index >= 15 is 0 Å². The third-order valence-electron chi connectivity index (χ3n) is 7.17. The molecule has 0 spiro atoms. The van der Waals surface area contributed by atoms with Gasteiger partial charge in [0.2, 0.25) is 12.3 Å². The summed E-state index contributed by atoms with van der Waals surface area (Å²) in [6.07, 6.45) is 13.5. The van der Waals surface area contributed by atoms with Gasteiger partial charge in [-0.25, -0.2) is 0 Å². The van der Waals surface area contributed by atoms with E-state index in [9.17, 15) is 9.59 Å². The normalized spacial score (nSPS) is 19.1. The highest BCUT2D eigenvalue weighted by molar-refractivity contribution is 9.12. The van der Waals surface area contributed by atoms with Crippen molar-refractivity contribution in [2.24, 2.45) is 5.92 Å². The Morgan fingerprint density at radius 2 is 1.86 bits per heavy atom. The van der Waals surface area contributed by atoms with Crippen molar-refractivity contribution in [3.05, 3.63) is 60.7 Å². The maximum Gasteiger partial charge on any atom is 0.222 e. The Morgan fingerprint density at radius 3 is 2.54 bits per heavy atom. The molecule has 0 bridgehead atoms. The van der Waals surface area contributed by atoms with Gasteiger partial charge >= 0.3 is 0 Å². The Labute approximate surface area is 229 Å². The Bertz CT molecular complexity index is 1040. The van der Waals surface area contributed by atoms with Gasteiger partial charge in [-0.1, -0.05) is 39.2 Å². The number of rotatable bonds is 7. The van der Waals surface area contributed by atoms with Crippen molar-refractivity contribution >= 4 is 61.9 Å². The van der Waals surface area contributed by atoms with Crippen LogP contribution in [0.25, 0.3) is 6.08 Å². The summed E-state index contributed by atoms with van der Waals surface area (Å²) in [7, 11) is 0. The minimum Gasteiger partial charge on any atom is -0.386 e. The van der Waals surface area contributed by atoms with E-state index in [1.54, 1.807) is 4.90 Å². The fraction of sp³-hybridized carbons (Fsp3) is 0.481. The van der Waals surface area contributed by atoms with Crippen molar-refractivity contribution in [2.45, 2.75) is 44.9 Å². The number of allylic oxidation sites excluding steroid dienone is 2. The van der Waals surface area contributed by atoms with E-state index in [4.69, 9.17) is 11.6 Å². The lowest BCUT2D eigenvalue weighted by atomic mass is 9.92. The number of carbonyl (C=O) groups excluding carboxylic acids is 2. The van der Waals surface area contributed by atoms with Crippen LogP contribution in [0.3, 0.4) is 0 Å². The van der Waals surface area contributed by atoms with Crippen LogP contribution >= 0.6 is 43.5 Å². The number of nitrogens with one attached hydrogen (secondary N) is 1. The number of piperidine rings is 2. The molecule has 0 aromatic heterocycles. The largest absolute Gasteiger partial charge is 0.386 e. The van der Waals surface area contributed by atoms with E-state index in [-0.39, 0.29) is 5.91 Å². The molecular weight excluding hydrogens is 594 g/mol. The van der Waals surface area contributed by atoms with Crippen LogP contribution in [0.15, 0.2) is 44.5 Å².